The molecule has 144 valence electrons. The third-order valence-corrected chi connectivity index (χ3v) is 4.67. The van der Waals surface area contributed by atoms with E-state index in [1.165, 1.54) is 18.2 Å². The fourth-order valence-electron chi connectivity index (χ4n) is 3.21. The van der Waals surface area contributed by atoms with Crippen LogP contribution in [0.3, 0.4) is 0 Å². The Kier molecular flexibility index (Phi) is 6.19. The SMILES string of the molecule is CCN1CC(CN(C)CC(=O)Nc2cc(Cl)ccc2F)Oc2ccccc21. The lowest BCUT2D eigenvalue weighted by atomic mass is 10.2. The van der Waals surface area contributed by atoms with Crippen LogP contribution < -0.4 is 15.0 Å². The molecule has 0 aromatic heterocycles. The number of ether oxygens (including phenoxy) is 1. The van der Waals surface area contributed by atoms with Gasteiger partial charge in [0.25, 0.3) is 0 Å². The average molecular weight is 392 g/mol. The van der Waals surface area contributed by atoms with Gasteiger partial charge >= 0.3 is 0 Å². The van der Waals surface area contributed by atoms with Crippen molar-refractivity contribution in [2.75, 3.05) is 43.4 Å². The number of carbonyl (C=O) groups excluding carboxylic acids is 1. The molecule has 0 aliphatic carbocycles. The number of carbonyl (C=O) groups is 1. The van der Waals surface area contributed by atoms with E-state index in [9.17, 15) is 9.18 Å². The van der Waals surface area contributed by atoms with Gasteiger partial charge in [0.05, 0.1) is 24.5 Å². The van der Waals surface area contributed by atoms with Crippen molar-refractivity contribution in [1.29, 1.82) is 0 Å². The van der Waals surface area contributed by atoms with E-state index in [0.717, 1.165) is 24.5 Å². The van der Waals surface area contributed by atoms with Crippen LogP contribution in [0.5, 0.6) is 5.75 Å². The van der Waals surface area contributed by atoms with Gasteiger partial charge in [0.15, 0.2) is 0 Å². The van der Waals surface area contributed by atoms with E-state index >= 15 is 0 Å². The molecular weight excluding hydrogens is 369 g/mol. The van der Waals surface area contributed by atoms with Gasteiger partial charge in [-0.05, 0) is 44.3 Å². The molecule has 1 N–H and O–H groups in total. The lowest BCUT2D eigenvalue weighted by Gasteiger charge is -2.37. The Morgan fingerprint density at radius 3 is 2.93 bits per heavy atom. The van der Waals surface area contributed by atoms with Crippen molar-refractivity contribution in [2.45, 2.75) is 13.0 Å². The lowest BCUT2D eigenvalue weighted by molar-refractivity contribution is -0.117. The number of likely N-dealkylation sites (N-methyl/N-ethyl adjacent to an activating group) is 2. The summed E-state index contributed by atoms with van der Waals surface area (Å²) in [5.74, 6) is 0.0397. The smallest absolute Gasteiger partial charge is 0.238 e. The van der Waals surface area contributed by atoms with Crippen LogP contribution in [0.15, 0.2) is 42.5 Å². The molecular formula is C20H23ClFN3O2. The predicted octanol–water partition coefficient (Wildman–Crippen LogP) is 3.64. The number of benzene rings is 2. The molecule has 1 aliphatic heterocycles. The highest BCUT2D eigenvalue weighted by molar-refractivity contribution is 6.30. The Morgan fingerprint density at radius 2 is 2.15 bits per heavy atom. The van der Waals surface area contributed by atoms with Gasteiger partial charge in [0.2, 0.25) is 5.91 Å². The van der Waals surface area contributed by atoms with E-state index in [1.807, 2.05) is 36.2 Å². The first kappa shape index (κ1) is 19.5. The van der Waals surface area contributed by atoms with Crippen LogP contribution in [-0.2, 0) is 4.79 Å². The summed E-state index contributed by atoms with van der Waals surface area (Å²) >= 11 is 5.85. The number of anilines is 2. The second kappa shape index (κ2) is 8.59. The first-order valence-corrected chi connectivity index (χ1v) is 9.28. The van der Waals surface area contributed by atoms with Crippen molar-refractivity contribution >= 4 is 28.9 Å². The Balaban J connectivity index is 1.57. The predicted molar refractivity (Wildman–Crippen MR) is 106 cm³/mol. The molecule has 1 aliphatic rings. The van der Waals surface area contributed by atoms with Crippen LogP contribution >= 0.6 is 11.6 Å². The highest BCUT2D eigenvalue weighted by atomic mass is 35.5. The molecule has 7 heteroatoms. The molecule has 0 bridgehead atoms. The van der Waals surface area contributed by atoms with Crippen molar-refractivity contribution in [3.05, 3.63) is 53.3 Å². The van der Waals surface area contributed by atoms with Gasteiger partial charge in [-0.3, -0.25) is 9.69 Å². The molecule has 1 unspecified atom stereocenters. The van der Waals surface area contributed by atoms with Crippen molar-refractivity contribution in [2.24, 2.45) is 0 Å². The number of nitrogens with zero attached hydrogens (tertiary/aromatic N) is 2. The average Bonchev–Trinajstić information content (AvgIpc) is 2.63. The highest BCUT2D eigenvalue weighted by Gasteiger charge is 2.25. The molecule has 1 heterocycles. The zero-order chi connectivity index (χ0) is 19.4. The van der Waals surface area contributed by atoms with Gasteiger partial charge in [-0.25, -0.2) is 4.39 Å². The van der Waals surface area contributed by atoms with Gasteiger partial charge in [-0.2, -0.15) is 0 Å². The van der Waals surface area contributed by atoms with Crippen LogP contribution in [0.2, 0.25) is 5.02 Å². The van der Waals surface area contributed by atoms with Gasteiger partial charge < -0.3 is 15.0 Å². The summed E-state index contributed by atoms with van der Waals surface area (Å²) in [6, 6.07) is 12.0. The molecule has 2 aromatic carbocycles. The topological polar surface area (TPSA) is 44.8 Å². The zero-order valence-electron chi connectivity index (χ0n) is 15.4. The molecule has 5 nitrogen and oxygen atoms in total. The maximum atomic E-state index is 13.8. The third kappa shape index (κ3) is 4.90. The number of nitrogens with one attached hydrogen (secondary N) is 1. The van der Waals surface area contributed by atoms with Crippen LogP contribution in [0.25, 0.3) is 0 Å². The third-order valence-electron chi connectivity index (χ3n) is 4.44. The minimum absolute atomic E-state index is 0.0550. The standard InChI is InChI=1S/C20H23ClFN3O2/c1-3-25-12-15(27-19-7-5-4-6-18(19)25)11-24(2)13-20(26)23-17-10-14(21)8-9-16(17)22/h4-10,15H,3,11-13H2,1-2H3,(H,23,26). The molecule has 1 amide bonds. The number of para-hydroxylation sites is 2. The summed E-state index contributed by atoms with van der Waals surface area (Å²) in [6.07, 6.45) is -0.0550. The minimum Gasteiger partial charge on any atom is -0.485 e. The highest BCUT2D eigenvalue weighted by Crippen LogP contribution is 2.32. The maximum Gasteiger partial charge on any atom is 0.238 e. The fraction of sp³-hybridized carbons (Fsp3) is 0.350. The molecule has 0 saturated carbocycles. The molecule has 3 rings (SSSR count). The van der Waals surface area contributed by atoms with Crippen molar-refractivity contribution in [3.63, 3.8) is 0 Å². The Morgan fingerprint density at radius 1 is 1.37 bits per heavy atom. The Bertz CT molecular complexity index is 818. The normalized spacial score (nSPS) is 16.0. The fourth-order valence-corrected chi connectivity index (χ4v) is 3.39. The van der Waals surface area contributed by atoms with Crippen molar-refractivity contribution in [1.82, 2.24) is 4.90 Å². The Labute approximate surface area is 163 Å². The molecule has 0 radical (unpaired) electrons. The van der Waals surface area contributed by atoms with E-state index in [1.54, 1.807) is 0 Å². The minimum atomic E-state index is -0.513. The summed E-state index contributed by atoms with van der Waals surface area (Å²) < 4.78 is 19.8. The van der Waals surface area contributed by atoms with Crippen molar-refractivity contribution < 1.29 is 13.9 Å². The van der Waals surface area contributed by atoms with Gasteiger partial charge in [-0.15, -0.1) is 0 Å². The number of fused-ring (bicyclic) bond motifs is 1. The van der Waals surface area contributed by atoms with Gasteiger partial charge in [0, 0.05) is 18.1 Å². The first-order chi connectivity index (χ1) is 13.0. The number of hydrogen-bond acceptors (Lipinski definition) is 4. The summed E-state index contributed by atoms with van der Waals surface area (Å²) in [4.78, 5) is 16.4. The van der Waals surface area contributed by atoms with Crippen LogP contribution in [0, 0.1) is 5.82 Å². The quantitative estimate of drug-likeness (QED) is 0.816. The number of amides is 1. The van der Waals surface area contributed by atoms with E-state index in [0.29, 0.717) is 11.6 Å². The second-order valence-electron chi connectivity index (χ2n) is 6.62. The number of rotatable bonds is 6. The van der Waals surface area contributed by atoms with Crippen LogP contribution in [0.1, 0.15) is 6.92 Å². The van der Waals surface area contributed by atoms with E-state index in [4.69, 9.17) is 16.3 Å². The summed E-state index contributed by atoms with van der Waals surface area (Å²) in [6.45, 7) is 4.45. The summed E-state index contributed by atoms with van der Waals surface area (Å²) in [5.41, 5.74) is 1.17. The maximum absolute atomic E-state index is 13.8. The van der Waals surface area contributed by atoms with Gasteiger partial charge in [0.1, 0.15) is 17.7 Å². The molecule has 0 saturated heterocycles. The van der Waals surface area contributed by atoms with E-state index in [2.05, 4.69) is 17.1 Å². The summed E-state index contributed by atoms with van der Waals surface area (Å²) in [7, 11) is 1.84. The molecule has 0 spiro atoms. The molecule has 2 aromatic rings. The zero-order valence-corrected chi connectivity index (χ0v) is 16.2. The lowest BCUT2D eigenvalue weighted by Crippen LogP contribution is -2.46. The second-order valence-corrected chi connectivity index (χ2v) is 7.05. The van der Waals surface area contributed by atoms with E-state index in [-0.39, 0.29) is 24.2 Å². The first-order valence-electron chi connectivity index (χ1n) is 8.90. The van der Waals surface area contributed by atoms with E-state index < -0.39 is 5.82 Å². The Hall–Kier alpha value is -2.31. The largest absolute Gasteiger partial charge is 0.485 e. The van der Waals surface area contributed by atoms with Crippen LogP contribution in [-0.4, -0.2) is 50.1 Å². The summed E-state index contributed by atoms with van der Waals surface area (Å²) in [5, 5.41) is 2.93. The number of halogens is 2. The van der Waals surface area contributed by atoms with Crippen molar-refractivity contribution in [3.8, 4) is 5.75 Å². The van der Waals surface area contributed by atoms with Gasteiger partial charge in [-0.1, -0.05) is 23.7 Å². The molecule has 0 fully saturated rings. The molecule has 1 atom stereocenters. The monoisotopic (exact) mass is 391 g/mol. The molecule has 27 heavy (non-hydrogen) atoms. The van der Waals surface area contributed by atoms with Crippen LogP contribution in [0.4, 0.5) is 15.8 Å². The number of hydrogen-bond donors (Lipinski definition) is 1.